The van der Waals surface area contributed by atoms with Crippen molar-refractivity contribution in [3.05, 3.63) is 0 Å². The first-order valence-corrected chi connectivity index (χ1v) is 7.22. The number of hydrogen-bond donors (Lipinski definition) is 1. The summed E-state index contributed by atoms with van der Waals surface area (Å²) in [6.45, 7) is 8.95. The normalized spacial score (nSPS) is 34.2. The molecule has 100 valence electrons. The Hall–Kier alpha value is -0.120. The van der Waals surface area contributed by atoms with Gasteiger partial charge in [0.25, 0.3) is 0 Å². The van der Waals surface area contributed by atoms with E-state index in [9.17, 15) is 0 Å². The summed E-state index contributed by atoms with van der Waals surface area (Å²) in [4.78, 5) is 2.56. The first-order chi connectivity index (χ1) is 8.26. The van der Waals surface area contributed by atoms with Crippen LogP contribution in [-0.2, 0) is 4.74 Å². The Morgan fingerprint density at radius 2 is 2.24 bits per heavy atom. The quantitative estimate of drug-likeness (QED) is 0.765. The number of nitrogens with zero attached hydrogens (tertiary/aromatic N) is 1. The van der Waals surface area contributed by atoms with E-state index >= 15 is 0 Å². The standard InChI is InChI=1S/C14H28N2O/c1-4-16(11(2)10-17-3)9-14-13-7-5-6-12(13)8-15-14/h11-15H,4-10H2,1-3H3. The minimum atomic E-state index is 0.534. The van der Waals surface area contributed by atoms with Gasteiger partial charge in [-0.15, -0.1) is 0 Å². The van der Waals surface area contributed by atoms with Gasteiger partial charge in [0.1, 0.15) is 0 Å². The van der Waals surface area contributed by atoms with Crippen molar-refractivity contribution < 1.29 is 4.74 Å². The van der Waals surface area contributed by atoms with Crippen LogP contribution in [0.3, 0.4) is 0 Å². The highest BCUT2D eigenvalue weighted by molar-refractivity contribution is 4.95. The van der Waals surface area contributed by atoms with Crippen LogP contribution < -0.4 is 5.32 Å². The van der Waals surface area contributed by atoms with E-state index in [0.717, 1.165) is 31.0 Å². The number of hydrogen-bond acceptors (Lipinski definition) is 3. The monoisotopic (exact) mass is 240 g/mol. The molecule has 4 unspecified atom stereocenters. The second-order valence-electron chi connectivity index (χ2n) is 5.76. The van der Waals surface area contributed by atoms with E-state index in [1.165, 1.54) is 32.4 Å². The van der Waals surface area contributed by atoms with Crippen molar-refractivity contribution in [2.24, 2.45) is 11.8 Å². The highest BCUT2D eigenvalue weighted by Gasteiger charge is 2.39. The van der Waals surface area contributed by atoms with E-state index in [2.05, 4.69) is 24.1 Å². The van der Waals surface area contributed by atoms with Crippen LogP contribution >= 0.6 is 0 Å². The molecule has 1 saturated heterocycles. The minimum absolute atomic E-state index is 0.534. The van der Waals surface area contributed by atoms with E-state index in [1.54, 1.807) is 7.11 Å². The first kappa shape index (κ1) is 13.3. The molecule has 4 atom stereocenters. The molecule has 0 spiro atoms. The number of rotatable bonds is 6. The molecule has 17 heavy (non-hydrogen) atoms. The lowest BCUT2D eigenvalue weighted by Crippen LogP contribution is -2.45. The maximum Gasteiger partial charge on any atom is 0.0615 e. The molecule has 1 aliphatic carbocycles. The van der Waals surface area contributed by atoms with E-state index in [-0.39, 0.29) is 0 Å². The Kier molecular flexibility index (Phi) is 4.83. The Balaban J connectivity index is 1.85. The molecule has 0 aromatic heterocycles. The molecule has 0 amide bonds. The third kappa shape index (κ3) is 3.01. The largest absolute Gasteiger partial charge is 0.383 e. The molecular weight excluding hydrogens is 212 g/mol. The number of fused-ring (bicyclic) bond motifs is 1. The zero-order chi connectivity index (χ0) is 12.3. The van der Waals surface area contributed by atoms with Crippen LogP contribution in [0.15, 0.2) is 0 Å². The highest BCUT2D eigenvalue weighted by atomic mass is 16.5. The summed E-state index contributed by atoms with van der Waals surface area (Å²) < 4.78 is 5.28. The summed E-state index contributed by atoms with van der Waals surface area (Å²) in [5, 5.41) is 3.74. The van der Waals surface area contributed by atoms with Gasteiger partial charge in [-0.1, -0.05) is 13.3 Å². The van der Waals surface area contributed by atoms with E-state index in [1.807, 2.05) is 0 Å². The Bertz CT molecular complexity index is 234. The molecule has 2 rings (SSSR count). The van der Waals surface area contributed by atoms with Crippen molar-refractivity contribution in [2.75, 3.05) is 33.4 Å². The SMILES string of the molecule is CCN(CC1NCC2CCCC21)C(C)COC. The molecule has 1 heterocycles. The maximum absolute atomic E-state index is 5.28. The molecule has 0 radical (unpaired) electrons. The van der Waals surface area contributed by atoms with Crippen LogP contribution in [0.25, 0.3) is 0 Å². The van der Waals surface area contributed by atoms with Crippen LogP contribution in [0.4, 0.5) is 0 Å². The number of nitrogens with one attached hydrogen (secondary N) is 1. The van der Waals surface area contributed by atoms with Crippen molar-refractivity contribution in [1.82, 2.24) is 10.2 Å². The fraction of sp³-hybridized carbons (Fsp3) is 1.00. The first-order valence-electron chi connectivity index (χ1n) is 7.22. The molecule has 3 heteroatoms. The summed E-state index contributed by atoms with van der Waals surface area (Å²) in [7, 11) is 1.80. The summed E-state index contributed by atoms with van der Waals surface area (Å²) in [6.07, 6.45) is 4.35. The average molecular weight is 240 g/mol. The molecule has 0 aromatic carbocycles. The number of likely N-dealkylation sites (N-methyl/N-ethyl adjacent to an activating group) is 1. The third-order valence-electron chi connectivity index (χ3n) is 4.75. The Morgan fingerprint density at radius 3 is 2.94 bits per heavy atom. The zero-order valence-corrected chi connectivity index (χ0v) is 11.6. The van der Waals surface area contributed by atoms with Crippen LogP contribution in [0.1, 0.15) is 33.1 Å². The van der Waals surface area contributed by atoms with Gasteiger partial charge < -0.3 is 10.1 Å². The van der Waals surface area contributed by atoms with E-state index in [4.69, 9.17) is 4.74 Å². The van der Waals surface area contributed by atoms with E-state index < -0.39 is 0 Å². The van der Waals surface area contributed by atoms with Gasteiger partial charge in [0.2, 0.25) is 0 Å². The molecule has 0 aromatic rings. The van der Waals surface area contributed by atoms with Gasteiger partial charge in [-0.2, -0.15) is 0 Å². The number of methoxy groups -OCH3 is 1. The van der Waals surface area contributed by atoms with Crippen molar-refractivity contribution in [3.63, 3.8) is 0 Å². The van der Waals surface area contributed by atoms with E-state index in [0.29, 0.717) is 6.04 Å². The summed E-state index contributed by atoms with van der Waals surface area (Å²) in [5.74, 6) is 1.91. The van der Waals surface area contributed by atoms with Crippen LogP contribution in [0, 0.1) is 11.8 Å². The number of ether oxygens (including phenoxy) is 1. The second-order valence-corrected chi connectivity index (χ2v) is 5.76. The van der Waals surface area contributed by atoms with Crippen LogP contribution in [0.5, 0.6) is 0 Å². The summed E-state index contributed by atoms with van der Waals surface area (Å²) >= 11 is 0. The van der Waals surface area contributed by atoms with Crippen molar-refractivity contribution in [1.29, 1.82) is 0 Å². The van der Waals surface area contributed by atoms with Gasteiger partial charge in [-0.05, 0) is 44.7 Å². The lowest BCUT2D eigenvalue weighted by molar-refractivity contribution is 0.0929. The zero-order valence-electron chi connectivity index (χ0n) is 11.6. The van der Waals surface area contributed by atoms with Gasteiger partial charge in [-0.25, -0.2) is 0 Å². The molecule has 1 saturated carbocycles. The van der Waals surface area contributed by atoms with Crippen LogP contribution in [-0.4, -0.2) is 50.3 Å². The van der Waals surface area contributed by atoms with Gasteiger partial charge in [0, 0.05) is 25.7 Å². The molecule has 2 fully saturated rings. The predicted octanol–water partition coefficient (Wildman–Crippen LogP) is 1.73. The van der Waals surface area contributed by atoms with Crippen molar-refractivity contribution in [3.8, 4) is 0 Å². The molecule has 1 N–H and O–H groups in total. The summed E-state index contributed by atoms with van der Waals surface area (Å²) in [6, 6.07) is 1.26. The highest BCUT2D eigenvalue weighted by Crippen LogP contribution is 2.37. The molecule has 2 aliphatic rings. The lowest BCUT2D eigenvalue weighted by atomic mass is 9.93. The van der Waals surface area contributed by atoms with Crippen molar-refractivity contribution in [2.45, 2.75) is 45.2 Å². The smallest absolute Gasteiger partial charge is 0.0615 e. The average Bonchev–Trinajstić information content (AvgIpc) is 2.89. The third-order valence-corrected chi connectivity index (χ3v) is 4.75. The molecule has 0 bridgehead atoms. The summed E-state index contributed by atoms with van der Waals surface area (Å²) in [5.41, 5.74) is 0. The lowest BCUT2D eigenvalue weighted by Gasteiger charge is -2.31. The topological polar surface area (TPSA) is 24.5 Å². The fourth-order valence-electron chi connectivity index (χ4n) is 3.72. The fourth-order valence-corrected chi connectivity index (χ4v) is 3.72. The predicted molar refractivity (Wildman–Crippen MR) is 71.2 cm³/mol. The van der Waals surface area contributed by atoms with Gasteiger partial charge >= 0.3 is 0 Å². The molecule has 3 nitrogen and oxygen atoms in total. The second kappa shape index (κ2) is 6.17. The Labute approximate surface area is 106 Å². The molecular formula is C14H28N2O. The van der Waals surface area contributed by atoms with Gasteiger partial charge in [0.15, 0.2) is 0 Å². The van der Waals surface area contributed by atoms with Gasteiger partial charge in [-0.3, -0.25) is 4.90 Å². The van der Waals surface area contributed by atoms with Crippen LogP contribution in [0.2, 0.25) is 0 Å². The van der Waals surface area contributed by atoms with Gasteiger partial charge in [0.05, 0.1) is 6.61 Å². The maximum atomic E-state index is 5.28. The Morgan fingerprint density at radius 1 is 1.41 bits per heavy atom. The molecule has 1 aliphatic heterocycles. The minimum Gasteiger partial charge on any atom is -0.383 e. The van der Waals surface area contributed by atoms with Crippen molar-refractivity contribution >= 4 is 0 Å².